The number of hydrogen-bond donors (Lipinski definition) is 0. The fourth-order valence-corrected chi connectivity index (χ4v) is 16.6. The van der Waals surface area contributed by atoms with Gasteiger partial charge in [0.05, 0.1) is 25.8 Å². The molecule has 2 spiro atoms. The number of fused-ring (bicyclic) bond motifs is 5. The molecule has 212 valence electrons. The van der Waals surface area contributed by atoms with Gasteiger partial charge in [0, 0.05) is 33.0 Å². The lowest BCUT2D eigenvalue weighted by atomic mass is 9.38. The molecule has 0 heterocycles. The van der Waals surface area contributed by atoms with E-state index in [4.69, 9.17) is 139 Å². The van der Waals surface area contributed by atoms with E-state index < -0.39 is 54.7 Å². The van der Waals surface area contributed by atoms with Gasteiger partial charge < -0.3 is 0 Å². The van der Waals surface area contributed by atoms with Crippen LogP contribution in [0.5, 0.6) is 0 Å². The highest BCUT2D eigenvalue weighted by Crippen LogP contribution is 3.02. The lowest BCUT2D eigenvalue weighted by Crippen LogP contribution is -2.72. The Hall–Kier alpha value is 1.58. The third-order valence-corrected chi connectivity index (χ3v) is 19.3. The SMILES string of the molecule is CC1(C)[C@]2(Cl)C(Cl)=C(Cl)[C@]13[C@@]14C(Cl)=C(Cl)[C@@](Cl)(C1(C)C)C(Cl)(Cl)[C@]4(Cl)c1cc([N+](=O)[O-])ccc1[C@@]3(Cl)C2(Cl)Cl. The molecule has 39 heavy (non-hydrogen) atoms. The minimum atomic E-state index is -2.18. The third kappa shape index (κ3) is 2.14. The summed E-state index contributed by atoms with van der Waals surface area (Å²) < 4.78 is -4.30. The van der Waals surface area contributed by atoms with Crippen molar-refractivity contribution in [1.82, 2.24) is 0 Å². The van der Waals surface area contributed by atoms with E-state index in [9.17, 15) is 10.1 Å². The van der Waals surface area contributed by atoms with E-state index in [2.05, 4.69) is 0 Å². The molecule has 6 atom stereocenters. The predicted molar refractivity (Wildman–Crippen MR) is 164 cm³/mol. The van der Waals surface area contributed by atoms with Crippen molar-refractivity contribution in [3.63, 3.8) is 0 Å². The van der Waals surface area contributed by atoms with Gasteiger partial charge in [0.15, 0.2) is 8.67 Å². The maximum absolute atomic E-state index is 12.0. The van der Waals surface area contributed by atoms with Crippen LogP contribution in [0.25, 0.3) is 0 Å². The zero-order chi connectivity index (χ0) is 29.7. The minimum Gasteiger partial charge on any atom is -0.258 e. The molecule has 1 aromatic rings. The number of allylic oxidation sites excluding steroid dienone is 4. The van der Waals surface area contributed by atoms with Crippen LogP contribution in [0.15, 0.2) is 38.3 Å². The van der Waals surface area contributed by atoms with Crippen LogP contribution >= 0.6 is 139 Å². The molecular weight excluding hydrogens is 760 g/mol. The standard InChI is InChI=1S/C24H15Cl12NO2/c1-15(2)17-11(25)13(27)21(15,31)23(33,34)19(17,29)9-6-5-8(37(38)39)7-10(9)20(30)18(17)12(26)14(28)22(32,16(18,3)4)24(20,35)36/h5-7H,1-4H3/t17-,18-,19+,20+,21-,22-/m1/s1. The second kappa shape index (κ2) is 7.51. The van der Waals surface area contributed by atoms with Gasteiger partial charge in [-0.1, -0.05) is 121 Å². The Morgan fingerprint density at radius 2 is 0.949 bits per heavy atom. The molecule has 15 heteroatoms. The topological polar surface area (TPSA) is 43.1 Å². The average Bonchev–Trinajstić information content (AvgIpc) is 3.12. The molecule has 5 aliphatic rings. The van der Waals surface area contributed by atoms with Gasteiger partial charge in [-0.05, 0) is 17.2 Å². The van der Waals surface area contributed by atoms with Crippen LogP contribution in [0.1, 0.15) is 38.8 Å². The van der Waals surface area contributed by atoms with Crippen molar-refractivity contribution in [1.29, 1.82) is 0 Å². The first-order valence-electron chi connectivity index (χ1n) is 11.3. The minimum absolute atomic E-state index is 0.0206. The first kappa shape index (κ1) is 30.6. The zero-order valence-corrected chi connectivity index (χ0v) is 29.1. The summed E-state index contributed by atoms with van der Waals surface area (Å²) in [5.41, 5.74) is -6.51. The normalized spacial score (nSPS) is 46.9. The summed E-state index contributed by atoms with van der Waals surface area (Å²) in [5, 5.41) is 11.7. The lowest BCUT2D eigenvalue weighted by Gasteiger charge is -2.69. The van der Waals surface area contributed by atoms with Gasteiger partial charge in [-0.2, -0.15) is 0 Å². The Balaban J connectivity index is 2.03. The van der Waals surface area contributed by atoms with E-state index >= 15 is 0 Å². The number of halogens is 12. The van der Waals surface area contributed by atoms with Crippen molar-refractivity contribution in [2.45, 2.75) is 55.9 Å². The number of nitrogens with zero attached hydrogens (tertiary/aromatic N) is 1. The quantitative estimate of drug-likeness (QED) is 0.162. The van der Waals surface area contributed by atoms with Gasteiger partial charge in [-0.3, -0.25) is 10.1 Å². The molecule has 3 nitrogen and oxygen atoms in total. The summed E-state index contributed by atoms with van der Waals surface area (Å²) in [6.45, 7) is 6.94. The Kier molecular flexibility index (Phi) is 5.89. The van der Waals surface area contributed by atoms with Gasteiger partial charge in [-0.25, -0.2) is 0 Å². The summed E-state index contributed by atoms with van der Waals surface area (Å²) in [7, 11) is 0. The molecule has 0 saturated heterocycles. The van der Waals surface area contributed by atoms with E-state index in [1.165, 1.54) is 18.2 Å². The largest absolute Gasteiger partial charge is 0.269 e. The van der Waals surface area contributed by atoms with Crippen LogP contribution in [0.3, 0.4) is 0 Å². The van der Waals surface area contributed by atoms with E-state index in [1.54, 1.807) is 27.7 Å². The number of nitro groups is 1. The Bertz CT molecular complexity index is 1530. The molecule has 5 aliphatic carbocycles. The van der Waals surface area contributed by atoms with Crippen LogP contribution in [-0.4, -0.2) is 23.3 Å². The first-order chi connectivity index (χ1) is 17.4. The Labute approximate surface area is 284 Å². The molecule has 0 radical (unpaired) electrons. The molecule has 2 fully saturated rings. The highest BCUT2D eigenvalue weighted by molar-refractivity contribution is 6.66. The summed E-state index contributed by atoms with van der Waals surface area (Å²) in [4.78, 5) is 3.61. The number of hydrogen-bond acceptors (Lipinski definition) is 2. The molecule has 6 rings (SSSR count). The van der Waals surface area contributed by atoms with Gasteiger partial charge in [-0.15, -0.1) is 46.4 Å². The third-order valence-electron chi connectivity index (χ3n) is 10.5. The summed E-state index contributed by atoms with van der Waals surface area (Å²) in [5.74, 6) is 0. The van der Waals surface area contributed by atoms with Crippen LogP contribution in [-0.2, 0) is 9.75 Å². The fraction of sp³-hybridized carbons (Fsp3) is 0.583. The lowest BCUT2D eigenvalue weighted by molar-refractivity contribution is -0.385. The summed E-state index contributed by atoms with van der Waals surface area (Å²) >= 11 is 88.2. The maximum Gasteiger partial charge on any atom is 0.269 e. The van der Waals surface area contributed by atoms with Crippen molar-refractivity contribution in [3.05, 3.63) is 59.6 Å². The number of rotatable bonds is 1. The molecule has 2 saturated carbocycles. The monoisotopic (exact) mass is 769 g/mol. The van der Waals surface area contributed by atoms with Crippen molar-refractivity contribution in [3.8, 4) is 0 Å². The first-order valence-corrected chi connectivity index (χ1v) is 15.9. The molecular formula is C24H15Cl12NO2. The van der Waals surface area contributed by atoms with Crippen molar-refractivity contribution >= 4 is 145 Å². The second-order valence-electron chi connectivity index (χ2n) is 11.8. The zero-order valence-electron chi connectivity index (χ0n) is 20.0. The maximum atomic E-state index is 12.0. The van der Waals surface area contributed by atoms with E-state index in [-0.39, 0.29) is 36.9 Å². The van der Waals surface area contributed by atoms with E-state index in [0.29, 0.717) is 0 Å². The molecule has 1 aromatic carbocycles. The van der Waals surface area contributed by atoms with Crippen LogP contribution < -0.4 is 0 Å². The average molecular weight is 775 g/mol. The highest BCUT2D eigenvalue weighted by Gasteiger charge is 3.05. The second-order valence-corrected chi connectivity index (χ2v) is 18.2. The molecule has 0 amide bonds. The summed E-state index contributed by atoms with van der Waals surface area (Å²) in [6, 6.07) is 3.86. The van der Waals surface area contributed by atoms with Crippen molar-refractivity contribution in [2.75, 3.05) is 0 Å². The smallest absolute Gasteiger partial charge is 0.258 e. The number of benzene rings is 1. The molecule has 0 aromatic heterocycles. The highest BCUT2D eigenvalue weighted by atomic mass is 35.5. The van der Waals surface area contributed by atoms with Gasteiger partial charge in [0.2, 0.25) is 0 Å². The molecule has 4 bridgehead atoms. The number of nitro benzene ring substituents is 1. The van der Waals surface area contributed by atoms with Crippen LogP contribution in [0, 0.1) is 31.8 Å². The van der Waals surface area contributed by atoms with E-state index in [0.717, 1.165) is 0 Å². The molecule has 0 N–H and O–H groups in total. The summed E-state index contributed by atoms with van der Waals surface area (Å²) in [6.07, 6.45) is 0. The number of alkyl halides is 8. The van der Waals surface area contributed by atoms with Crippen LogP contribution in [0.2, 0.25) is 0 Å². The van der Waals surface area contributed by atoms with Crippen LogP contribution in [0.4, 0.5) is 5.69 Å². The van der Waals surface area contributed by atoms with Crippen molar-refractivity contribution < 1.29 is 4.92 Å². The number of non-ortho nitro benzene ring substituents is 1. The van der Waals surface area contributed by atoms with Gasteiger partial charge in [0.25, 0.3) is 5.69 Å². The molecule has 0 unspecified atom stereocenters. The van der Waals surface area contributed by atoms with Gasteiger partial charge >= 0.3 is 0 Å². The van der Waals surface area contributed by atoms with Crippen molar-refractivity contribution in [2.24, 2.45) is 21.7 Å². The van der Waals surface area contributed by atoms with Gasteiger partial charge in [0.1, 0.15) is 19.5 Å². The molecule has 0 aliphatic heterocycles. The fourth-order valence-electron chi connectivity index (χ4n) is 9.17. The van der Waals surface area contributed by atoms with E-state index in [1.807, 2.05) is 0 Å². The Morgan fingerprint density at radius 1 is 0.590 bits per heavy atom. The predicted octanol–water partition coefficient (Wildman–Crippen LogP) is 11.2. The Morgan fingerprint density at radius 3 is 1.31 bits per heavy atom.